The summed E-state index contributed by atoms with van der Waals surface area (Å²) in [5.41, 5.74) is -0.0819. The first kappa shape index (κ1) is 16.2. The molecule has 0 radical (unpaired) electrons. The van der Waals surface area contributed by atoms with E-state index in [0.29, 0.717) is 0 Å². The molecule has 1 aliphatic rings. The molecule has 0 unspecified atom stereocenters. The SMILES string of the molecule is O=C1c2c(O)cc(O)cc2OC[C@H]1O.Oc1cccc(O)c1O. The number of benzene rings is 2. The smallest absolute Gasteiger partial charge is 0.202 e. The second-order valence-electron chi connectivity index (χ2n) is 4.67. The number of fused-ring (bicyclic) bond motifs is 1. The predicted molar refractivity (Wildman–Crippen MR) is 77.0 cm³/mol. The summed E-state index contributed by atoms with van der Waals surface area (Å²) >= 11 is 0. The Morgan fingerprint density at radius 3 is 2.13 bits per heavy atom. The zero-order valence-electron chi connectivity index (χ0n) is 11.7. The average molecular weight is 322 g/mol. The number of phenols is 5. The van der Waals surface area contributed by atoms with Crippen LogP contribution in [-0.4, -0.2) is 49.1 Å². The lowest BCUT2D eigenvalue weighted by molar-refractivity contribution is 0.0552. The van der Waals surface area contributed by atoms with Gasteiger partial charge >= 0.3 is 0 Å². The van der Waals surface area contributed by atoms with Crippen molar-refractivity contribution >= 4 is 5.78 Å². The van der Waals surface area contributed by atoms with Gasteiger partial charge in [-0.1, -0.05) is 6.07 Å². The van der Waals surface area contributed by atoms with E-state index in [-0.39, 0.29) is 40.9 Å². The molecule has 8 nitrogen and oxygen atoms in total. The Bertz CT molecular complexity index is 720. The van der Waals surface area contributed by atoms with Gasteiger partial charge in [-0.3, -0.25) is 4.79 Å². The highest BCUT2D eigenvalue weighted by molar-refractivity contribution is 6.05. The molecule has 0 saturated carbocycles. The van der Waals surface area contributed by atoms with E-state index in [1.807, 2.05) is 0 Å². The normalized spacial score (nSPS) is 15.9. The van der Waals surface area contributed by atoms with Crippen molar-refractivity contribution in [2.45, 2.75) is 6.10 Å². The molecule has 6 N–H and O–H groups in total. The summed E-state index contributed by atoms with van der Waals surface area (Å²) in [6.07, 6.45) is -1.25. The minimum absolute atomic E-state index is 0.0819. The lowest BCUT2D eigenvalue weighted by atomic mass is 10.0. The Morgan fingerprint density at radius 1 is 0.957 bits per heavy atom. The van der Waals surface area contributed by atoms with Gasteiger partial charge in [0.15, 0.2) is 23.4 Å². The van der Waals surface area contributed by atoms with E-state index in [1.165, 1.54) is 24.3 Å². The summed E-state index contributed by atoms with van der Waals surface area (Å²) in [5.74, 6) is -2.17. The summed E-state index contributed by atoms with van der Waals surface area (Å²) in [7, 11) is 0. The number of ether oxygens (including phenoxy) is 1. The highest BCUT2D eigenvalue weighted by atomic mass is 16.5. The van der Waals surface area contributed by atoms with E-state index in [0.717, 1.165) is 6.07 Å². The van der Waals surface area contributed by atoms with Gasteiger partial charge < -0.3 is 35.4 Å². The van der Waals surface area contributed by atoms with Crippen molar-refractivity contribution < 1.29 is 40.2 Å². The third-order valence-corrected chi connectivity index (χ3v) is 3.01. The summed E-state index contributed by atoms with van der Waals surface area (Å²) in [4.78, 5) is 11.4. The van der Waals surface area contributed by atoms with E-state index in [2.05, 4.69) is 0 Å². The van der Waals surface area contributed by atoms with Gasteiger partial charge in [-0.05, 0) is 12.1 Å². The van der Waals surface area contributed by atoms with Crippen molar-refractivity contribution in [2.75, 3.05) is 6.61 Å². The average Bonchev–Trinajstić information content (AvgIpc) is 2.49. The molecule has 1 atom stereocenters. The maximum absolute atomic E-state index is 11.4. The van der Waals surface area contributed by atoms with Crippen molar-refractivity contribution in [3.8, 4) is 34.5 Å². The Kier molecular flexibility index (Phi) is 4.47. The molecule has 0 aliphatic carbocycles. The Morgan fingerprint density at radius 2 is 1.57 bits per heavy atom. The van der Waals surface area contributed by atoms with Gasteiger partial charge in [-0.15, -0.1) is 0 Å². The number of ketones is 1. The number of Topliss-reactive ketones (excluding diaryl/α,β-unsaturated/α-hetero) is 1. The van der Waals surface area contributed by atoms with Gasteiger partial charge in [0, 0.05) is 12.1 Å². The molecule has 0 bridgehead atoms. The fourth-order valence-corrected chi connectivity index (χ4v) is 1.88. The number of phenolic OH excluding ortho intramolecular Hbond substituents is 5. The molecule has 2 aromatic carbocycles. The van der Waals surface area contributed by atoms with Crippen molar-refractivity contribution in [2.24, 2.45) is 0 Å². The van der Waals surface area contributed by atoms with Crippen molar-refractivity contribution in [3.63, 3.8) is 0 Å². The highest BCUT2D eigenvalue weighted by Crippen LogP contribution is 2.36. The van der Waals surface area contributed by atoms with Crippen LogP contribution in [0.2, 0.25) is 0 Å². The van der Waals surface area contributed by atoms with Gasteiger partial charge in [0.05, 0.1) is 0 Å². The topological polar surface area (TPSA) is 148 Å². The van der Waals surface area contributed by atoms with Crippen molar-refractivity contribution in [3.05, 3.63) is 35.9 Å². The standard InChI is InChI=1S/C9H8O5.C6H6O3/c10-4-1-5(11)8-7(2-4)14-3-6(12)9(8)13;7-4-2-1-3-5(8)6(4)9/h1-2,6,10-12H,3H2;1-3,7-9H/t6-;/m1./s1. The molecule has 122 valence electrons. The predicted octanol–water partition coefficient (Wildman–Crippen LogP) is 0.837. The third kappa shape index (κ3) is 3.38. The molecule has 1 heterocycles. The minimum atomic E-state index is -1.25. The largest absolute Gasteiger partial charge is 0.508 e. The number of aromatic hydroxyl groups is 5. The summed E-state index contributed by atoms with van der Waals surface area (Å²) < 4.78 is 4.98. The molecule has 3 rings (SSSR count). The molecular weight excluding hydrogens is 308 g/mol. The van der Waals surface area contributed by atoms with Crippen LogP contribution in [-0.2, 0) is 0 Å². The van der Waals surface area contributed by atoms with E-state index in [1.54, 1.807) is 0 Å². The molecule has 0 spiro atoms. The van der Waals surface area contributed by atoms with E-state index >= 15 is 0 Å². The maximum atomic E-state index is 11.4. The fraction of sp³-hybridized carbons (Fsp3) is 0.133. The van der Waals surface area contributed by atoms with Gasteiger partial charge in [0.25, 0.3) is 0 Å². The summed E-state index contributed by atoms with van der Waals surface area (Å²) in [6, 6.07) is 6.26. The van der Waals surface area contributed by atoms with Crippen LogP contribution in [0.3, 0.4) is 0 Å². The number of aliphatic hydroxyl groups excluding tert-OH is 1. The number of aliphatic hydroxyl groups is 1. The number of carbonyl (C=O) groups is 1. The molecule has 2 aromatic rings. The van der Waals surface area contributed by atoms with Gasteiger partial charge in [-0.25, -0.2) is 0 Å². The van der Waals surface area contributed by atoms with Gasteiger partial charge in [0.1, 0.15) is 29.4 Å². The number of hydrogen-bond donors (Lipinski definition) is 6. The summed E-state index contributed by atoms with van der Waals surface area (Å²) in [6.45, 7) is -0.158. The Balaban J connectivity index is 0.000000185. The van der Waals surface area contributed by atoms with Crippen LogP contribution in [0.25, 0.3) is 0 Å². The first-order valence-electron chi connectivity index (χ1n) is 6.42. The molecule has 8 heteroatoms. The van der Waals surface area contributed by atoms with Crippen LogP contribution in [0.5, 0.6) is 34.5 Å². The van der Waals surface area contributed by atoms with E-state index in [4.69, 9.17) is 25.2 Å². The second-order valence-corrected chi connectivity index (χ2v) is 4.67. The molecule has 1 aliphatic heterocycles. The van der Waals surface area contributed by atoms with Crippen LogP contribution in [0.1, 0.15) is 10.4 Å². The van der Waals surface area contributed by atoms with Crippen LogP contribution < -0.4 is 4.74 Å². The molecule has 0 saturated heterocycles. The number of hydrogen-bond acceptors (Lipinski definition) is 8. The molecule has 0 amide bonds. The van der Waals surface area contributed by atoms with Gasteiger partial charge in [-0.2, -0.15) is 0 Å². The zero-order valence-corrected chi connectivity index (χ0v) is 11.7. The van der Waals surface area contributed by atoms with Gasteiger partial charge in [0.2, 0.25) is 5.78 Å². The van der Waals surface area contributed by atoms with Crippen LogP contribution in [0, 0.1) is 0 Å². The molecule has 0 aromatic heterocycles. The number of rotatable bonds is 0. The lowest BCUT2D eigenvalue weighted by Crippen LogP contribution is -2.32. The number of carbonyl (C=O) groups excluding carboxylic acids is 1. The fourth-order valence-electron chi connectivity index (χ4n) is 1.88. The van der Waals surface area contributed by atoms with E-state index < -0.39 is 17.6 Å². The molecule has 0 fully saturated rings. The minimum Gasteiger partial charge on any atom is -0.508 e. The Hall–Kier alpha value is -3.13. The van der Waals surface area contributed by atoms with Crippen molar-refractivity contribution in [1.82, 2.24) is 0 Å². The first-order chi connectivity index (χ1) is 10.8. The van der Waals surface area contributed by atoms with Crippen LogP contribution in [0.15, 0.2) is 30.3 Å². The van der Waals surface area contributed by atoms with E-state index in [9.17, 15) is 15.0 Å². The highest BCUT2D eigenvalue weighted by Gasteiger charge is 2.30. The maximum Gasteiger partial charge on any atom is 0.202 e. The first-order valence-corrected chi connectivity index (χ1v) is 6.42. The van der Waals surface area contributed by atoms with Crippen molar-refractivity contribution in [1.29, 1.82) is 0 Å². The lowest BCUT2D eigenvalue weighted by Gasteiger charge is -2.21. The zero-order chi connectivity index (χ0) is 17.1. The second kappa shape index (κ2) is 6.32. The van der Waals surface area contributed by atoms with Crippen LogP contribution in [0.4, 0.5) is 0 Å². The number of para-hydroxylation sites is 1. The monoisotopic (exact) mass is 322 g/mol. The third-order valence-electron chi connectivity index (χ3n) is 3.01. The van der Waals surface area contributed by atoms with Crippen LogP contribution >= 0.6 is 0 Å². The Labute approximate surface area is 130 Å². The molecule has 23 heavy (non-hydrogen) atoms. The molecular formula is C15H14O8. The summed E-state index contributed by atoms with van der Waals surface area (Å²) in [5, 5.41) is 53.7. The quantitative estimate of drug-likeness (QED) is 0.391.